The van der Waals surface area contributed by atoms with E-state index in [1.807, 2.05) is 74.5 Å². The maximum atomic E-state index is 13.7. The average Bonchev–Trinajstić information content (AvgIpc) is 2.96. The van der Waals surface area contributed by atoms with Gasteiger partial charge < -0.3 is 10.6 Å². The maximum absolute atomic E-state index is 13.7. The fraction of sp³-hybridized carbons (Fsp3) is 0.130. The molecule has 2 N–H and O–H groups in total. The van der Waals surface area contributed by atoms with Crippen LogP contribution < -0.4 is 15.5 Å². The third kappa shape index (κ3) is 2.01. The lowest BCUT2D eigenvalue weighted by atomic mass is 9.91. The van der Waals surface area contributed by atoms with Gasteiger partial charge in [0.2, 0.25) is 5.66 Å². The van der Waals surface area contributed by atoms with Crippen LogP contribution in [0.5, 0.6) is 0 Å². The van der Waals surface area contributed by atoms with E-state index in [2.05, 4.69) is 10.6 Å². The number of carbonyl (C=O) groups excluding carboxylic acids is 2. The summed E-state index contributed by atoms with van der Waals surface area (Å²) in [5.74, 6) is -0.460. The topological polar surface area (TPSA) is 61.4 Å². The van der Waals surface area contributed by atoms with Gasteiger partial charge in [-0.2, -0.15) is 0 Å². The lowest BCUT2D eigenvalue weighted by Crippen LogP contribution is -2.62. The lowest BCUT2D eigenvalue weighted by Gasteiger charge is -2.45. The van der Waals surface area contributed by atoms with Crippen LogP contribution in [0.2, 0.25) is 0 Å². The molecule has 2 aliphatic rings. The SMILES string of the molecule is Cc1cccc(C)c1N1C(=O)c2ccccc2NC12C(=O)Nc1ccccc12. The Morgan fingerprint density at radius 3 is 2.18 bits per heavy atom. The third-order valence-corrected chi connectivity index (χ3v) is 5.57. The summed E-state index contributed by atoms with van der Waals surface area (Å²) in [4.78, 5) is 28.8. The molecule has 5 rings (SSSR count). The van der Waals surface area contributed by atoms with Crippen LogP contribution in [0.1, 0.15) is 27.0 Å². The van der Waals surface area contributed by atoms with Crippen molar-refractivity contribution in [3.05, 3.63) is 89.0 Å². The summed E-state index contributed by atoms with van der Waals surface area (Å²) >= 11 is 0. The van der Waals surface area contributed by atoms with Crippen molar-refractivity contribution in [3.8, 4) is 0 Å². The van der Waals surface area contributed by atoms with E-state index >= 15 is 0 Å². The van der Waals surface area contributed by atoms with Crippen LogP contribution in [0.15, 0.2) is 66.7 Å². The minimum absolute atomic E-state index is 0.196. The predicted octanol–water partition coefficient (Wildman–Crippen LogP) is 4.18. The van der Waals surface area contributed by atoms with Crippen LogP contribution in [-0.4, -0.2) is 11.8 Å². The van der Waals surface area contributed by atoms with E-state index < -0.39 is 5.66 Å². The Morgan fingerprint density at radius 2 is 1.43 bits per heavy atom. The van der Waals surface area contributed by atoms with Crippen LogP contribution in [0.3, 0.4) is 0 Å². The van der Waals surface area contributed by atoms with E-state index in [1.165, 1.54) is 0 Å². The van der Waals surface area contributed by atoms with Gasteiger partial charge in [-0.3, -0.25) is 14.5 Å². The first-order valence-electron chi connectivity index (χ1n) is 9.23. The molecule has 2 aliphatic heterocycles. The van der Waals surface area contributed by atoms with Gasteiger partial charge in [-0.05, 0) is 43.2 Å². The molecule has 3 aromatic rings. The van der Waals surface area contributed by atoms with Crippen molar-refractivity contribution in [1.29, 1.82) is 0 Å². The number of hydrogen-bond donors (Lipinski definition) is 2. The summed E-state index contributed by atoms with van der Waals surface area (Å²) in [7, 11) is 0. The maximum Gasteiger partial charge on any atom is 0.276 e. The Bertz CT molecular complexity index is 1130. The van der Waals surface area contributed by atoms with Crippen molar-refractivity contribution < 1.29 is 9.59 Å². The quantitative estimate of drug-likeness (QED) is 0.676. The van der Waals surface area contributed by atoms with Crippen LogP contribution in [0.4, 0.5) is 17.1 Å². The van der Waals surface area contributed by atoms with E-state index in [4.69, 9.17) is 0 Å². The highest BCUT2D eigenvalue weighted by Gasteiger charge is 2.57. The highest BCUT2D eigenvalue weighted by molar-refractivity contribution is 6.22. The van der Waals surface area contributed by atoms with Gasteiger partial charge in [-0.25, -0.2) is 0 Å². The molecule has 2 heterocycles. The molecule has 28 heavy (non-hydrogen) atoms. The Morgan fingerprint density at radius 1 is 0.786 bits per heavy atom. The fourth-order valence-corrected chi connectivity index (χ4v) is 4.32. The number of para-hydroxylation sites is 3. The predicted molar refractivity (Wildman–Crippen MR) is 110 cm³/mol. The number of anilines is 3. The Kier molecular flexibility index (Phi) is 3.37. The largest absolute Gasteiger partial charge is 0.350 e. The second kappa shape index (κ2) is 5.70. The minimum Gasteiger partial charge on any atom is -0.350 e. The molecule has 2 amide bonds. The zero-order chi connectivity index (χ0) is 19.5. The molecule has 1 spiro atoms. The van der Waals surface area contributed by atoms with Gasteiger partial charge in [-0.15, -0.1) is 0 Å². The zero-order valence-electron chi connectivity index (χ0n) is 15.6. The van der Waals surface area contributed by atoms with Gasteiger partial charge in [0.1, 0.15) is 0 Å². The molecule has 138 valence electrons. The van der Waals surface area contributed by atoms with E-state index in [0.29, 0.717) is 16.9 Å². The number of rotatable bonds is 1. The van der Waals surface area contributed by atoms with E-state index in [0.717, 1.165) is 22.4 Å². The molecule has 1 atom stereocenters. The van der Waals surface area contributed by atoms with Gasteiger partial charge in [0.05, 0.1) is 11.3 Å². The molecule has 0 aliphatic carbocycles. The summed E-state index contributed by atoms with van der Waals surface area (Å²) in [6, 6.07) is 20.7. The van der Waals surface area contributed by atoms with Crippen molar-refractivity contribution in [2.75, 3.05) is 15.5 Å². The first kappa shape index (κ1) is 16.6. The molecule has 0 saturated heterocycles. The summed E-state index contributed by atoms with van der Waals surface area (Å²) in [5.41, 5.74) is 3.95. The molecular weight excluding hydrogens is 350 g/mol. The minimum atomic E-state index is -1.33. The Balaban J connectivity index is 1.87. The monoisotopic (exact) mass is 369 g/mol. The Hall–Kier alpha value is -3.60. The molecular formula is C23H19N3O2. The second-order valence-electron chi connectivity index (χ2n) is 7.26. The normalized spacial score (nSPS) is 19.9. The van der Waals surface area contributed by atoms with Crippen molar-refractivity contribution in [3.63, 3.8) is 0 Å². The average molecular weight is 369 g/mol. The molecule has 5 heteroatoms. The number of fused-ring (bicyclic) bond motifs is 3. The van der Waals surface area contributed by atoms with Crippen LogP contribution in [-0.2, 0) is 10.5 Å². The van der Waals surface area contributed by atoms with Crippen LogP contribution >= 0.6 is 0 Å². The molecule has 3 aromatic carbocycles. The molecule has 5 nitrogen and oxygen atoms in total. The Labute approximate surface area is 163 Å². The van der Waals surface area contributed by atoms with Gasteiger partial charge in [-0.1, -0.05) is 48.5 Å². The standard InChI is InChI=1S/C23H19N3O2/c1-14-8-7-9-15(2)20(14)26-21(27)16-10-3-5-12-18(16)25-23(26)17-11-4-6-13-19(17)24-22(23)28/h3-13,25H,1-2H3,(H,24,28). The molecule has 0 fully saturated rings. The highest BCUT2D eigenvalue weighted by Crippen LogP contribution is 2.48. The molecule has 0 aromatic heterocycles. The molecule has 1 unspecified atom stereocenters. The molecule has 0 saturated carbocycles. The number of carbonyl (C=O) groups is 2. The number of amides is 2. The second-order valence-corrected chi connectivity index (χ2v) is 7.26. The van der Waals surface area contributed by atoms with Crippen LogP contribution in [0, 0.1) is 13.8 Å². The fourth-order valence-electron chi connectivity index (χ4n) is 4.32. The van der Waals surface area contributed by atoms with Crippen molar-refractivity contribution in [1.82, 2.24) is 0 Å². The number of nitrogens with zero attached hydrogens (tertiary/aromatic N) is 1. The number of benzene rings is 3. The summed E-state index contributed by atoms with van der Waals surface area (Å²) < 4.78 is 0. The van der Waals surface area contributed by atoms with E-state index in [1.54, 1.807) is 11.0 Å². The molecule has 0 radical (unpaired) electrons. The highest BCUT2D eigenvalue weighted by atomic mass is 16.2. The number of aryl methyl sites for hydroxylation is 2. The van der Waals surface area contributed by atoms with Crippen LogP contribution in [0.25, 0.3) is 0 Å². The van der Waals surface area contributed by atoms with E-state index in [9.17, 15) is 9.59 Å². The number of nitrogens with one attached hydrogen (secondary N) is 2. The van der Waals surface area contributed by atoms with Crippen molar-refractivity contribution in [2.45, 2.75) is 19.5 Å². The van der Waals surface area contributed by atoms with E-state index in [-0.39, 0.29) is 11.8 Å². The molecule has 0 bridgehead atoms. The van der Waals surface area contributed by atoms with Crippen molar-refractivity contribution >= 4 is 28.9 Å². The smallest absolute Gasteiger partial charge is 0.276 e. The van der Waals surface area contributed by atoms with Crippen molar-refractivity contribution in [2.24, 2.45) is 0 Å². The first-order valence-corrected chi connectivity index (χ1v) is 9.23. The van der Waals surface area contributed by atoms with Gasteiger partial charge in [0, 0.05) is 16.9 Å². The number of hydrogen-bond acceptors (Lipinski definition) is 3. The van der Waals surface area contributed by atoms with Gasteiger partial charge in [0.25, 0.3) is 11.8 Å². The summed E-state index contributed by atoms with van der Waals surface area (Å²) in [6.07, 6.45) is 0. The summed E-state index contributed by atoms with van der Waals surface area (Å²) in [5, 5.41) is 6.36. The first-order chi connectivity index (χ1) is 13.5. The van der Waals surface area contributed by atoms with Gasteiger partial charge in [0.15, 0.2) is 0 Å². The third-order valence-electron chi connectivity index (χ3n) is 5.57. The lowest BCUT2D eigenvalue weighted by molar-refractivity contribution is -0.119. The zero-order valence-corrected chi connectivity index (χ0v) is 15.6. The van der Waals surface area contributed by atoms with Gasteiger partial charge >= 0.3 is 0 Å². The summed E-state index contributed by atoms with van der Waals surface area (Å²) in [6.45, 7) is 3.92.